The van der Waals surface area contributed by atoms with Gasteiger partial charge in [0.2, 0.25) is 0 Å². The summed E-state index contributed by atoms with van der Waals surface area (Å²) in [4.78, 5) is 1.13. The van der Waals surface area contributed by atoms with E-state index in [4.69, 9.17) is 16.0 Å². The summed E-state index contributed by atoms with van der Waals surface area (Å²) in [7, 11) is 0. The first-order valence-corrected chi connectivity index (χ1v) is 5.77. The van der Waals surface area contributed by atoms with E-state index in [-0.39, 0.29) is 0 Å². The Morgan fingerprint density at radius 2 is 2.20 bits per heavy atom. The van der Waals surface area contributed by atoms with Crippen LogP contribution in [0.2, 0.25) is 5.15 Å². The van der Waals surface area contributed by atoms with Crippen molar-refractivity contribution in [1.29, 1.82) is 0 Å². The number of aryl methyl sites for hydroxylation is 1. The van der Waals surface area contributed by atoms with Gasteiger partial charge in [0.1, 0.15) is 5.76 Å². The normalized spacial score (nSPS) is 10.5. The number of hydrogen-bond acceptors (Lipinski definition) is 4. The molecule has 0 atom stereocenters. The molecule has 0 unspecified atom stereocenters. The molecule has 78 valence electrons. The van der Waals surface area contributed by atoms with Crippen molar-refractivity contribution in [3.63, 3.8) is 0 Å². The largest absolute Gasteiger partial charge is 0.468 e. The highest BCUT2D eigenvalue weighted by atomic mass is 35.5. The van der Waals surface area contributed by atoms with Crippen LogP contribution in [-0.2, 0) is 5.75 Å². The lowest BCUT2D eigenvalue weighted by atomic mass is 10.4. The molecule has 2 aromatic rings. The van der Waals surface area contributed by atoms with E-state index in [1.165, 1.54) is 0 Å². The molecule has 0 saturated carbocycles. The third-order valence-corrected chi connectivity index (χ3v) is 3.25. The van der Waals surface area contributed by atoms with Gasteiger partial charge in [-0.15, -0.1) is 16.9 Å². The Balaban J connectivity index is 1.99. The van der Waals surface area contributed by atoms with Crippen molar-refractivity contribution >= 4 is 23.4 Å². The number of nitrogens with zero attached hydrogens (tertiary/aromatic N) is 2. The van der Waals surface area contributed by atoms with Gasteiger partial charge in [0.15, 0.2) is 5.15 Å². The molecule has 0 aliphatic heterocycles. The van der Waals surface area contributed by atoms with Crippen molar-refractivity contribution in [3.8, 4) is 0 Å². The minimum atomic E-state index is 0.420. The number of hydrogen-bond donors (Lipinski definition) is 0. The molecule has 0 aliphatic rings. The molecule has 0 N–H and O–H groups in total. The third-order valence-electron chi connectivity index (χ3n) is 1.87. The number of thioether (sulfide) groups is 1. The second-order valence-electron chi connectivity index (χ2n) is 2.98. The van der Waals surface area contributed by atoms with E-state index in [0.717, 1.165) is 22.1 Å². The second-order valence-corrected chi connectivity index (χ2v) is 4.38. The molecule has 2 rings (SSSR count). The number of aromatic nitrogens is 2. The Morgan fingerprint density at radius 1 is 1.33 bits per heavy atom. The SMILES string of the molecule is Cc1occc1SCc1ccc(Cl)nn1. The number of furan rings is 1. The highest BCUT2D eigenvalue weighted by molar-refractivity contribution is 7.98. The Morgan fingerprint density at radius 3 is 2.80 bits per heavy atom. The van der Waals surface area contributed by atoms with Crippen molar-refractivity contribution in [1.82, 2.24) is 10.2 Å². The average molecular weight is 241 g/mol. The maximum absolute atomic E-state index is 5.64. The molecule has 0 aliphatic carbocycles. The third kappa shape index (κ3) is 2.73. The molecule has 0 aromatic carbocycles. The topological polar surface area (TPSA) is 38.9 Å². The van der Waals surface area contributed by atoms with Crippen LogP contribution in [-0.4, -0.2) is 10.2 Å². The number of rotatable bonds is 3. The highest BCUT2D eigenvalue weighted by Gasteiger charge is 2.03. The number of halogens is 1. The highest BCUT2D eigenvalue weighted by Crippen LogP contribution is 2.25. The smallest absolute Gasteiger partial charge is 0.151 e. The zero-order chi connectivity index (χ0) is 10.7. The molecule has 2 aromatic heterocycles. The van der Waals surface area contributed by atoms with Gasteiger partial charge in [0, 0.05) is 10.6 Å². The van der Waals surface area contributed by atoms with Crippen LogP contribution in [0, 0.1) is 6.92 Å². The van der Waals surface area contributed by atoms with Crippen LogP contribution in [0.4, 0.5) is 0 Å². The minimum Gasteiger partial charge on any atom is -0.468 e. The monoisotopic (exact) mass is 240 g/mol. The van der Waals surface area contributed by atoms with Gasteiger partial charge >= 0.3 is 0 Å². The summed E-state index contributed by atoms with van der Waals surface area (Å²) in [5.74, 6) is 1.70. The summed E-state index contributed by atoms with van der Waals surface area (Å²) in [6.45, 7) is 1.94. The van der Waals surface area contributed by atoms with Crippen molar-refractivity contribution in [2.75, 3.05) is 0 Å². The van der Waals surface area contributed by atoms with Gasteiger partial charge in [-0.05, 0) is 25.1 Å². The van der Waals surface area contributed by atoms with Crippen molar-refractivity contribution in [3.05, 3.63) is 41.1 Å². The molecule has 0 bridgehead atoms. The van der Waals surface area contributed by atoms with Crippen LogP contribution in [0.15, 0.2) is 33.8 Å². The Kier molecular flexibility index (Phi) is 3.28. The van der Waals surface area contributed by atoms with E-state index in [0.29, 0.717) is 5.15 Å². The molecular weight excluding hydrogens is 232 g/mol. The quantitative estimate of drug-likeness (QED) is 0.772. The summed E-state index contributed by atoms with van der Waals surface area (Å²) < 4.78 is 5.19. The minimum absolute atomic E-state index is 0.420. The first-order chi connectivity index (χ1) is 7.25. The zero-order valence-electron chi connectivity index (χ0n) is 8.11. The summed E-state index contributed by atoms with van der Waals surface area (Å²) in [6, 6.07) is 5.56. The summed E-state index contributed by atoms with van der Waals surface area (Å²) in [5.41, 5.74) is 0.907. The molecule has 0 saturated heterocycles. The van der Waals surface area contributed by atoms with Crippen molar-refractivity contribution in [2.45, 2.75) is 17.6 Å². The average Bonchev–Trinajstić information content (AvgIpc) is 2.63. The fraction of sp³-hybridized carbons (Fsp3) is 0.200. The zero-order valence-corrected chi connectivity index (χ0v) is 9.68. The molecule has 2 heterocycles. The van der Waals surface area contributed by atoms with Crippen LogP contribution in [0.25, 0.3) is 0 Å². The lowest BCUT2D eigenvalue weighted by Gasteiger charge is -1.98. The Hall–Kier alpha value is -1.00. The van der Waals surface area contributed by atoms with Gasteiger partial charge in [-0.2, -0.15) is 5.10 Å². The fourth-order valence-corrected chi connectivity index (χ4v) is 2.06. The van der Waals surface area contributed by atoms with Crippen LogP contribution < -0.4 is 0 Å². The summed E-state index contributed by atoms with van der Waals surface area (Å²) in [6.07, 6.45) is 1.69. The molecular formula is C10H9ClN2OS. The summed E-state index contributed by atoms with van der Waals surface area (Å²) >= 11 is 7.31. The predicted octanol–water partition coefficient (Wildman–Crippen LogP) is 3.32. The van der Waals surface area contributed by atoms with Crippen LogP contribution in [0.5, 0.6) is 0 Å². The lowest BCUT2D eigenvalue weighted by Crippen LogP contribution is -1.89. The molecule has 5 heteroatoms. The Labute approximate surface area is 96.8 Å². The van der Waals surface area contributed by atoms with Gasteiger partial charge in [0.25, 0.3) is 0 Å². The van der Waals surface area contributed by atoms with Crippen molar-refractivity contribution in [2.24, 2.45) is 0 Å². The van der Waals surface area contributed by atoms with Gasteiger partial charge in [-0.1, -0.05) is 11.6 Å². The molecule has 0 radical (unpaired) electrons. The Bertz CT molecular complexity index is 441. The standard InChI is InChI=1S/C10H9ClN2OS/c1-7-9(4-5-14-7)15-6-8-2-3-10(11)13-12-8/h2-5H,6H2,1H3. The van der Waals surface area contributed by atoms with E-state index >= 15 is 0 Å². The maximum atomic E-state index is 5.64. The van der Waals surface area contributed by atoms with E-state index in [9.17, 15) is 0 Å². The summed E-state index contributed by atoms with van der Waals surface area (Å²) in [5, 5.41) is 8.17. The molecule has 0 fully saturated rings. The van der Waals surface area contributed by atoms with E-state index in [1.54, 1.807) is 24.1 Å². The molecule has 0 amide bonds. The first-order valence-electron chi connectivity index (χ1n) is 4.41. The molecule has 15 heavy (non-hydrogen) atoms. The van der Waals surface area contributed by atoms with Gasteiger partial charge < -0.3 is 4.42 Å². The first kappa shape index (κ1) is 10.5. The van der Waals surface area contributed by atoms with Crippen LogP contribution in [0.1, 0.15) is 11.5 Å². The lowest BCUT2D eigenvalue weighted by molar-refractivity contribution is 0.527. The van der Waals surface area contributed by atoms with Gasteiger partial charge in [-0.3, -0.25) is 0 Å². The second kappa shape index (κ2) is 4.68. The van der Waals surface area contributed by atoms with Gasteiger partial charge in [-0.25, -0.2) is 0 Å². The predicted molar refractivity (Wildman–Crippen MR) is 60.0 cm³/mol. The molecule has 0 spiro atoms. The fourth-order valence-electron chi connectivity index (χ4n) is 1.10. The van der Waals surface area contributed by atoms with E-state index < -0.39 is 0 Å². The van der Waals surface area contributed by atoms with E-state index in [1.807, 2.05) is 19.1 Å². The molecule has 3 nitrogen and oxygen atoms in total. The van der Waals surface area contributed by atoms with Crippen molar-refractivity contribution < 1.29 is 4.42 Å². The van der Waals surface area contributed by atoms with Crippen LogP contribution in [0.3, 0.4) is 0 Å². The maximum Gasteiger partial charge on any atom is 0.151 e. The van der Waals surface area contributed by atoms with Crippen LogP contribution >= 0.6 is 23.4 Å². The van der Waals surface area contributed by atoms with E-state index in [2.05, 4.69) is 10.2 Å². The van der Waals surface area contributed by atoms with Gasteiger partial charge in [0.05, 0.1) is 12.0 Å².